The fraction of sp³-hybridized carbons (Fsp3) is 0.458. The van der Waals surface area contributed by atoms with E-state index in [9.17, 15) is 19.2 Å². The second kappa shape index (κ2) is 17.9. The van der Waals surface area contributed by atoms with Crippen molar-refractivity contribution in [3.63, 3.8) is 0 Å². The molecular formula is C48H54ClN7O4. The average Bonchev–Trinajstić information content (AvgIpc) is 3.61. The standard InChI is InChI=1S/C48H54ClN7O4/c49-42-29-50-48(53-44(42)36-9-4-8-34(26-36)31-6-2-1-3-7-31)51-38-10-5-19-56(30-38)47(60)33-17-22-55(23-18-33)25-24-54-20-15-32(16-21-54)35-11-12-39-37(27-35)28-41(45(39)58)40-13-14-43(57)52-46(40)59/h1-4,6-9,11-12,26-27,29,32-33,38,40-41H,5,10,13-25,28,30H2,(H,50,51,53)(H,52,57,59)/t38-,40?,41?/m0/s1. The van der Waals surface area contributed by atoms with E-state index in [1.165, 1.54) is 5.56 Å². The first-order valence-corrected chi connectivity index (χ1v) is 22.3. The molecule has 0 bridgehead atoms. The largest absolute Gasteiger partial charge is 0.350 e. The predicted molar refractivity (Wildman–Crippen MR) is 233 cm³/mol. The molecule has 4 aliphatic heterocycles. The Morgan fingerprint density at radius 3 is 2.28 bits per heavy atom. The molecule has 1 aliphatic carbocycles. The molecule has 60 heavy (non-hydrogen) atoms. The Balaban J connectivity index is 0.713. The number of halogens is 1. The van der Waals surface area contributed by atoms with Gasteiger partial charge in [-0.3, -0.25) is 24.5 Å². The Morgan fingerprint density at radius 2 is 1.52 bits per heavy atom. The van der Waals surface area contributed by atoms with E-state index in [2.05, 4.69) is 66.7 Å². The zero-order valence-corrected chi connectivity index (χ0v) is 34.9. The Bertz CT molecular complexity index is 2240. The van der Waals surface area contributed by atoms with Gasteiger partial charge in [-0.15, -0.1) is 0 Å². The Morgan fingerprint density at radius 1 is 0.783 bits per heavy atom. The fourth-order valence-electron chi connectivity index (χ4n) is 10.3. The number of benzene rings is 3. The van der Waals surface area contributed by atoms with Gasteiger partial charge in [-0.05, 0) is 112 Å². The summed E-state index contributed by atoms with van der Waals surface area (Å²) in [7, 11) is 0. The first-order chi connectivity index (χ1) is 29.3. The number of Topliss-reactive ketones (excluding diaryl/α,β-unsaturated/α-hetero) is 1. The van der Waals surface area contributed by atoms with Crippen LogP contribution in [0.4, 0.5) is 5.95 Å². The zero-order valence-electron chi connectivity index (χ0n) is 34.2. The van der Waals surface area contributed by atoms with E-state index in [1.807, 2.05) is 36.4 Å². The van der Waals surface area contributed by atoms with Gasteiger partial charge < -0.3 is 20.0 Å². The highest BCUT2D eigenvalue weighted by atomic mass is 35.5. The third kappa shape index (κ3) is 8.90. The fourth-order valence-corrected chi connectivity index (χ4v) is 10.5. The summed E-state index contributed by atoms with van der Waals surface area (Å²) in [6.07, 6.45) is 8.84. The number of likely N-dealkylation sites (tertiary alicyclic amines) is 3. The van der Waals surface area contributed by atoms with Gasteiger partial charge in [0.1, 0.15) is 0 Å². The van der Waals surface area contributed by atoms with E-state index < -0.39 is 5.92 Å². The Kier molecular flexibility index (Phi) is 12.1. The molecule has 0 spiro atoms. The quantitative estimate of drug-likeness (QED) is 0.165. The molecule has 5 heterocycles. The maximum atomic E-state index is 13.8. The number of amides is 3. The summed E-state index contributed by atoms with van der Waals surface area (Å²) in [5.74, 6) is 0.0393. The van der Waals surface area contributed by atoms with Crippen molar-refractivity contribution in [2.24, 2.45) is 17.8 Å². The van der Waals surface area contributed by atoms with Crippen LogP contribution < -0.4 is 10.6 Å². The van der Waals surface area contributed by atoms with Crippen LogP contribution in [0.5, 0.6) is 0 Å². The molecule has 5 aliphatic rings. The van der Waals surface area contributed by atoms with Crippen LogP contribution in [-0.2, 0) is 20.8 Å². The third-order valence-electron chi connectivity index (χ3n) is 13.7. The minimum Gasteiger partial charge on any atom is -0.350 e. The number of imide groups is 1. The number of aromatic nitrogens is 2. The lowest BCUT2D eigenvalue weighted by molar-refractivity contribution is -0.138. The minimum absolute atomic E-state index is 0.0452. The zero-order chi connectivity index (χ0) is 41.2. The number of nitrogens with zero attached hydrogens (tertiary/aromatic N) is 5. The third-order valence-corrected chi connectivity index (χ3v) is 14.0. The van der Waals surface area contributed by atoms with E-state index in [0.29, 0.717) is 48.4 Å². The number of piperidine rings is 4. The molecular weight excluding hydrogens is 774 g/mol. The van der Waals surface area contributed by atoms with Crippen LogP contribution in [0.25, 0.3) is 22.4 Å². The van der Waals surface area contributed by atoms with E-state index in [1.54, 1.807) is 6.20 Å². The molecule has 2 unspecified atom stereocenters. The molecule has 11 nitrogen and oxygen atoms in total. The molecule has 3 aromatic carbocycles. The van der Waals surface area contributed by atoms with Gasteiger partial charge in [-0.25, -0.2) is 9.97 Å². The number of nitrogens with one attached hydrogen (secondary N) is 2. The van der Waals surface area contributed by atoms with Crippen molar-refractivity contribution in [1.29, 1.82) is 0 Å². The lowest BCUT2D eigenvalue weighted by Crippen LogP contribution is -2.49. The van der Waals surface area contributed by atoms with Crippen LogP contribution in [0, 0.1) is 17.8 Å². The van der Waals surface area contributed by atoms with Crippen molar-refractivity contribution in [3.05, 3.63) is 101 Å². The SMILES string of the molecule is O=C1CCC(C2Cc3cc(C4CCN(CCN5CCC(C(=O)N6CCC[C@H](Nc7ncc(Cl)c(-c8cccc(-c9ccccc9)c8)n7)C6)CC5)CC4)ccc3C2=O)C(=O)N1. The maximum absolute atomic E-state index is 13.8. The molecule has 4 fully saturated rings. The second-order valence-electron chi connectivity index (χ2n) is 17.5. The van der Waals surface area contributed by atoms with Gasteiger partial charge in [-0.1, -0.05) is 78.3 Å². The van der Waals surface area contributed by atoms with Crippen molar-refractivity contribution < 1.29 is 19.2 Å². The molecule has 3 atom stereocenters. The predicted octanol–water partition coefficient (Wildman–Crippen LogP) is 6.87. The van der Waals surface area contributed by atoms with Crippen molar-refractivity contribution in [1.82, 2.24) is 30.0 Å². The van der Waals surface area contributed by atoms with Crippen LogP contribution >= 0.6 is 11.6 Å². The van der Waals surface area contributed by atoms with Gasteiger partial charge in [-0.2, -0.15) is 0 Å². The van der Waals surface area contributed by atoms with Crippen LogP contribution in [0.2, 0.25) is 5.02 Å². The van der Waals surface area contributed by atoms with Gasteiger partial charge in [0.05, 0.1) is 16.9 Å². The number of carbonyl (C=O) groups is 4. The first-order valence-electron chi connectivity index (χ1n) is 21.9. The van der Waals surface area contributed by atoms with Gasteiger partial charge in [0.15, 0.2) is 5.78 Å². The number of hydrogen-bond donors (Lipinski definition) is 2. The Labute approximate surface area is 357 Å². The van der Waals surface area contributed by atoms with E-state index in [0.717, 1.165) is 112 Å². The van der Waals surface area contributed by atoms with Gasteiger partial charge in [0.25, 0.3) is 0 Å². The lowest BCUT2D eigenvalue weighted by atomic mass is 9.83. The van der Waals surface area contributed by atoms with Crippen LogP contribution in [-0.4, -0.2) is 107 Å². The number of hydrogen-bond acceptors (Lipinski definition) is 9. The molecule has 4 aromatic rings. The smallest absolute Gasteiger partial charge is 0.230 e. The van der Waals surface area contributed by atoms with E-state index in [4.69, 9.17) is 16.6 Å². The molecule has 4 saturated heterocycles. The highest BCUT2D eigenvalue weighted by Gasteiger charge is 2.42. The topological polar surface area (TPSA) is 128 Å². The summed E-state index contributed by atoms with van der Waals surface area (Å²) in [6.45, 7) is 7.47. The van der Waals surface area contributed by atoms with Crippen molar-refractivity contribution in [3.8, 4) is 22.4 Å². The minimum atomic E-state index is -0.422. The Hall–Kier alpha value is -4.97. The van der Waals surface area contributed by atoms with Gasteiger partial charge in [0.2, 0.25) is 23.7 Å². The van der Waals surface area contributed by atoms with E-state index >= 15 is 0 Å². The first kappa shape index (κ1) is 40.4. The normalized spacial score (nSPS) is 23.4. The summed E-state index contributed by atoms with van der Waals surface area (Å²) >= 11 is 6.63. The summed E-state index contributed by atoms with van der Waals surface area (Å²) < 4.78 is 0. The molecule has 12 heteroatoms. The van der Waals surface area contributed by atoms with Crippen molar-refractivity contribution in [2.75, 3.05) is 57.7 Å². The summed E-state index contributed by atoms with van der Waals surface area (Å²) in [6, 6.07) is 24.9. The van der Waals surface area contributed by atoms with Gasteiger partial charge in [0, 0.05) is 67.5 Å². The molecule has 2 N–H and O–H groups in total. The van der Waals surface area contributed by atoms with E-state index in [-0.39, 0.29) is 41.4 Å². The number of ketones is 1. The highest BCUT2D eigenvalue weighted by Crippen LogP contribution is 2.38. The highest BCUT2D eigenvalue weighted by molar-refractivity contribution is 6.33. The van der Waals surface area contributed by atoms with Crippen molar-refractivity contribution >= 4 is 41.1 Å². The van der Waals surface area contributed by atoms with Crippen LogP contribution in [0.3, 0.4) is 0 Å². The monoisotopic (exact) mass is 827 g/mol. The summed E-state index contributed by atoms with van der Waals surface area (Å²) in [4.78, 5) is 67.7. The molecule has 1 aromatic heterocycles. The number of anilines is 1. The molecule has 0 saturated carbocycles. The second-order valence-corrected chi connectivity index (χ2v) is 17.9. The summed E-state index contributed by atoms with van der Waals surface area (Å²) in [5, 5.41) is 6.45. The van der Waals surface area contributed by atoms with Crippen LogP contribution in [0.15, 0.2) is 79.0 Å². The van der Waals surface area contributed by atoms with Crippen LogP contribution in [0.1, 0.15) is 78.8 Å². The lowest BCUT2D eigenvalue weighted by Gasteiger charge is -2.39. The van der Waals surface area contributed by atoms with Gasteiger partial charge >= 0.3 is 0 Å². The average molecular weight is 828 g/mol. The number of rotatable bonds is 10. The molecule has 9 rings (SSSR count). The maximum Gasteiger partial charge on any atom is 0.230 e. The van der Waals surface area contributed by atoms with Crippen molar-refractivity contribution in [2.45, 2.75) is 69.7 Å². The molecule has 3 amide bonds. The summed E-state index contributed by atoms with van der Waals surface area (Å²) in [5.41, 5.74) is 6.93. The number of fused-ring (bicyclic) bond motifs is 1. The molecule has 0 radical (unpaired) electrons. The number of carbonyl (C=O) groups excluding carboxylic acids is 4. The molecule has 312 valence electrons.